The highest BCUT2D eigenvalue weighted by molar-refractivity contribution is 6.09. The topological polar surface area (TPSA) is 71.7 Å². The van der Waals surface area contributed by atoms with E-state index in [1.807, 2.05) is 0 Å². The van der Waals surface area contributed by atoms with Crippen LogP contribution >= 0.6 is 0 Å². The summed E-state index contributed by atoms with van der Waals surface area (Å²) in [6.45, 7) is 6.15. The molecular formula is C21H20FNO4. The summed E-state index contributed by atoms with van der Waals surface area (Å²) in [7, 11) is 0. The molecule has 0 radical (unpaired) electrons. The maximum atomic E-state index is 13.3. The van der Waals surface area contributed by atoms with Gasteiger partial charge in [-0.1, -0.05) is 6.08 Å². The Hall–Kier alpha value is -3.28. The summed E-state index contributed by atoms with van der Waals surface area (Å²) in [5, 5.41) is 13.8. The van der Waals surface area contributed by atoms with E-state index in [9.17, 15) is 14.3 Å². The van der Waals surface area contributed by atoms with E-state index in [1.165, 1.54) is 30.3 Å². The molecule has 3 aromatic rings. The van der Waals surface area contributed by atoms with Crippen molar-refractivity contribution in [3.8, 4) is 17.1 Å². The van der Waals surface area contributed by atoms with Crippen LogP contribution in [0.15, 0.2) is 53.5 Å². The number of phenolic OH excluding ortho intramolecular Hbond substituents is 1. The summed E-state index contributed by atoms with van der Waals surface area (Å²) >= 11 is 0. The fourth-order valence-corrected chi connectivity index (χ4v) is 2.79. The van der Waals surface area contributed by atoms with Gasteiger partial charge >= 0.3 is 5.97 Å². The Balaban J connectivity index is 2.15. The van der Waals surface area contributed by atoms with Crippen molar-refractivity contribution < 1.29 is 23.4 Å². The molecule has 0 saturated heterocycles. The van der Waals surface area contributed by atoms with Crippen LogP contribution in [0.1, 0.15) is 23.7 Å². The molecule has 1 aromatic heterocycles. The van der Waals surface area contributed by atoms with Crippen molar-refractivity contribution in [3.63, 3.8) is 0 Å². The number of furan rings is 1. The predicted molar refractivity (Wildman–Crippen MR) is 103 cm³/mol. The van der Waals surface area contributed by atoms with Gasteiger partial charge in [-0.2, -0.15) is 0 Å². The van der Waals surface area contributed by atoms with Crippen molar-refractivity contribution in [1.82, 2.24) is 0 Å². The van der Waals surface area contributed by atoms with Crippen molar-refractivity contribution >= 4 is 22.6 Å². The van der Waals surface area contributed by atoms with Crippen LogP contribution in [0.5, 0.6) is 5.75 Å². The quantitative estimate of drug-likeness (QED) is 0.262. The molecule has 6 heteroatoms. The van der Waals surface area contributed by atoms with Crippen molar-refractivity contribution in [1.29, 1.82) is 0 Å². The van der Waals surface area contributed by atoms with Crippen LogP contribution < -0.4 is 5.32 Å². The largest absolute Gasteiger partial charge is 0.506 e. The molecule has 0 bridgehead atoms. The van der Waals surface area contributed by atoms with Gasteiger partial charge in [-0.25, -0.2) is 9.18 Å². The van der Waals surface area contributed by atoms with Gasteiger partial charge in [0.25, 0.3) is 0 Å². The van der Waals surface area contributed by atoms with Crippen molar-refractivity contribution in [2.75, 3.05) is 18.5 Å². The van der Waals surface area contributed by atoms with E-state index in [-0.39, 0.29) is 29.5 Å². The minimum absolute atomic E-state index is 0.0106. The molecule has 27 heavy (non-hydrogen) atoms. The first-order valence-corrected chi connectivity index (χ1v) is 8.62. The zero-order chi connectivity index (χ0) is 19.4. The Morgan fingerprint density at radius 3 is 2.74 bits per heavy atom. The summed E-state index contributed by atoms with van der Waals surface area (Å²) in [5.74, 6) is -0.698. The molecule has 0 aliphatic heterocycles. The predicted octanol–water partition coefficient (Wildman–Crippen LogP) is 5.11. The lowest BCUT2D eigenvalue weighted by Gasteiger charge is -2.07. The summed E-state index contributed by atoms with van der Waals surface area (Å²) in [6, 6.07) is 8.73. The average Bonchev–Trinajstić information content (AvgIpc) is 3.01. The highest BCUT2D eigenvalue weighted by Gasteiger charge is 2.24. The molecule has 140 valence electrons. The van der Waals surface area contributed by atoms with Crippen molar-refractivity contribution in [2.24, 2.45) is 0 Å². The first-order valence-electron chi connectivity index (χ1n) is 8.62. The Bertz CT molecular complexity index is 976. The van der Waals surface area contributed by atoms with E-state index >= 15 is 0 Å². The second kappa shape index (κ2) is 7.95. The third-order valence-corrected chi connectivity index (χ3v) is 4.06. The summed E-state index contributed by atoms with van der Waals surface area (Å²) in [4.78, 5) is 12.5. The molecule has 2 N–H and O–H groups in total. The Morgan fingerprint density at radius 2 is 2.07 bits per heavy atom. The number of halogens is 1. The average molecular weight is 369 g/mol. The Labute approximate surface area is 156 Å². The molecule has 0 spiro atoms. The number of fused-ring (bicyclic) bond motifs is 1. The number of carbonyl (C=O) groups is 1. The SMILES string of the molecule is C=CCCNc1cc2oc(-c3ccc(F)cc3)c(C(=O)OCC)c2cc1O. The van der Waals surface area contributed by atoms with E-state index in [1.54, 1.807) is 19.1 Å². The number of anilines is 1. The molecule has 1 heterocycles. The molecule has 0 fully saturated rings. The number of nitrogens with one attached hydrogen (secondary N) is 1. The molecule has 0 aliphatic carbocycles. The van der Waals surface area contributed by atoms with Crippen LogP contribution in [0.2, 0.25) is 0 Å². The van der Waals surface area contributed by atoms with Gasteiger partial charge in [-0.05, 0) is 43.7 Å². The Morgan fingerprint density at radius 1 is 1.33 bits per heavy atom. The zero-order valence-corrected chi connectivity index (χ0v) is 14.9. The molecule has 2 aromatic carbocycles. The summed E-state index contributed by atoms with van der Waals surface area (Å²) in [5.41, 5.74) is 1.64. The first-order chi connectivity index (χ1) is 13.0. The third-order valence-electron chi connectivity index (χ3n) is 4.06. The molecule has 0 amide bonds. The van der Waals surface area contributed by atoms with Crippen LogP contribution in [0.25, 0.3) is 22.3 Å². The smallest absolute Gasteiger partial charge is 0.342 e. The highest BCUT2D eigenvalue weighted by atomic mass is 19.1. The fraction of sp³-hybridized carbons (Fsp3) is 0.190. The van der Waals surface area contributed by atoms with E-state index in [0.717, 1.165) is 6.42 Å². The number of hydrogen-bond acceptors (Lipinski definition) is 5. The number of esters is 1. The third kappa shape index (κ3) is 3.79. The number of hydrogen-bond donors (Lipinski definition) is 2. The van der Waals surface area contributed by atoms with Gasteiger partial charge < -0.3 is 19.6 Å². The fourth-order valence-electron chi connectivity index (χ4n) is 2.79. The molecule has 0 unspecified atom stereocenters. The van der Waals surface area contributed by atoms with E-state index in [4.69, 9.17) is 9.15 Å². The van der Waals surface area contributed by atoms with Crippen molar-refractivity contribution in [2.45, 2.75) is 13.3 Å². The van der Waals surface area contributed by atoms with Crippen LogP contribution in [0.4, 0.5) is 10.1 Å². The summed E-state index contributed by atoms with van der Waals surface area (Å²) in [6.07, 6.45) is 2.49. The number of aromatic hydroxyl groups is 1. The number of carbonyl (C=O) groups excluding carboxylic acids is 1. The maximum absolute atomic E-state index is 13.3. The standard InChI is InChI=1S/C21H20FNO4/c1-3-5-10-23-16-12-18-15(11-17(16)24)19(21(25)26-4-2)20(27-18)13-6-8-14(22)9-7-13/h3,6-9,11-12,23-24H,1,4-5,10H2,2H3. The van der Waals surface area contributed by atoms with E-state index in [2.05, 4.69) is 11.9 Å². The van der Waals surface area contributed by atoms with Crippen LogP contribution in [-0.2, 0) is 4.74 Å². The van der Waals surface area contributed by atoms with Gasteiger partial charge in [0.2, 0.25) is 0 Å². The lowest BCUT2D eigenvalue weighted by Crippen LogP contribution is -2.05. The number of benzene rings is 2. The van der Waals surface area contributed by atoms with Crippen LogP contribution in [0, 0.1) is 5.82 Å². The normalized spacial score (nSPS) is 10.7. The minimum Gasteiger partial charge on any atom is -0.506 e. The lowest BCUT2D eigenvalue weighted by molar-refractivity contribution is 0.0529. The van der Waals surface area contributed by atoms with E-state index in [0.29, 0.717) is 28.8 Å². The second-order valence-corrected chi connectivity index (χ2v) is 5.90. The number of ether oxygens (including phenoxy) is 1. The monoisotopic (exact) mass is 369 g/mol. The first kappa shape index (κ1) is 18.5. The number of rotatable bonds is 7. The summed E-state index contributed by atoms with van der Waals surface area (Å²) < 4.78 is 24.3. The molecule has 0 aliphatic rings. The number of phenols is 1. The van der Waals surface area contributed by atoms with Crippen LogP contribution in [0.3, 0.4) is 0 Å². The molecular weight excluding hydrogens is 349 g/mol. The molecule has 0 atom stereocenters. The zero-order valence-electron chi connectivity index (χ0n) is 14.9. The highest BCUT2D eigenvalue weighted by Crippen LogP contribution is 2.39. The molecule has 0 saturated carbocycles. The lowest BCUT2D eigenvalue weighted by atomic mass is 10.0. The van der Waals surface area contributed by atoms with Gasteiger partial charge in [0.15, 0.2) is 0 Å². The van der Waals surface area contributed by atoms with Gasteiger partial charge in [0.05, 0.1) is 12.3 Å². The van der Waals surface area contributed by atoms with Gasteiger partial charge in [-0.3, -0.25) is 0 Å². The Kier molecular flexibility index (Phi) is 5.45. The molecule has 5 nitrogen and oxygen atoms in total. The van der Waals surface area contributed by atoms with E-state index < -0.39 is 5.97 Å². The van der Waals surface area contributed by atoms with Gasteiger partial charge in [-0.15, -0.1) is 6.58 Å². The van der Waals surface area contributed by atoms with Gasteiger partial charge in [0, 0.05) is 23.6 Å². The maximum Gasteiger partial charge on any atom is 0.342 e. The second-order valence-electron chi connectivity index (χ2n) is 5.90. The molecule has 3 rings (SSSR count). The minimum atomic E-state index is -0.567. The van der Waals surface area contributed by atoms with Gasteiger partial charge in [0.1, 0.15) is 28.5 Å². The van der Waals surface area contributed by atoms with Crippen molar-refractivity contribution in [3.05, 3.63) is 60.4 Å². The van der Waals surface area contributed by atoms with Crippen LogP contribution in [-0.4, -0.2) is 24.2 Å².